The summed E-state index contributed by atoms with van der Waals surface area (Å²) in [7, 11) is 3.07. The van der Waals surface area contributed by atoms with Gasteiger partial charge in [-0.05, 0) is 30.2 Å². The summed E-state index contributed by atoms with van der Waals surface area (Å²) in [6.45, 7) is 3.88. The first-order valence-corrected chi connectivity index (χ1v) is 9.36. The number of carbonyl (C=O) groups excluding carboxylic acids is 2. The lowest BCUT2D eigenvalue weighted by Gasteiger charge is -2.24. The van der Waals surface area contributed by atoms with Crippen molar-refractivity contribution in [2.75, 3.05) is 19.5 Å². The molecule has 0 bridgehead atoms. The monoisotopic (exact) mass is 404 g/mol. The van der Waals surface area contributed by atoms with Gasteiger partial charge in [-0.1, -0.05) is 31.9 Å². The maximum absolute atomic E-state index is 12.9. The van der Waals surface area contributed by atoms with Gasteiger partial charge in [0, 0.05) is 34.5 Å². The predicted octanol–water partition coefficient (Wildman–Crippen LogP) is 4.14. The van der Waals surface area contributed by atoms with E-state index in [1.807, 2.05) is 13.8 Å². The van der Waals surface area contributed by atoms with Gasteiger partial charge >= 0.3 is 0 Å². The molecule has 0 aliphatic carbocycles. The Hall–Kier alpha value is -2.73. The van der Waals surface area contributed by atoms with Crippen molar-refractivity contribution in [3.63, 3.8) is 0 Å². The van der Waals surface area contributed by atoms with Gasteiger partial charge in [0.05, 0.1) is 14.2 Å². The Bertz CT molecular complexity index is 801. The molecule has 0 aliphatic rings. The molecular weight excluding hydrogens is 380 g/mol. The molecule has 0 aromatic heterocycles. The Balaban J connectivity index is 2.19. The summed E-state index contributed by atoms with van der Waals surface area (Å²) < 4.78 is 10.5. The normalized spacial score (nSPS) is 12.6. The molecule has 0 unspecified atom stereocenters. The maximum Gasteiger partial charge on any atom is 0.251 e. The van der Waals surface area contributed by atoms with Crippen molar-refractivity contribution < 1.29 is 19.1 Å². The third kappa shape index (κ3) is 5.63. The fourth-order valence-corrected chi connectivity index (χ4v) is 2.75. The van der Waals surface area contributed by atoms with Crippen molar-refractivity contribution in [1.29, 1.82) is 0 Å². The van der Waals surface area contributed by atoms with Crippen LogP contribution >= 0.6 is 11.6 Å². The summed E-state index contributed by atoms with van der Waals surface area (Å²) >= 11 is 5.87. The average molecular weight is 405 g/mol. The maximum atomic E-state index is 12.9. The first-order chi connectivity index (χ1) is 13.4. The van der Waals surface area contributed by atoms with E-state index in [9.17, 15) is 9.59 Å². The fraction of sp³-hybridized carbons (Fsp3) is 0.333. The molecule has 0 spiro atoms. The first kappa shape index (κ1) is 21.6. The lowest BCUT2D eigenvalue weighted by molar-refractivity contribution is -0.119. The highest BCUT2D eigenvalue weighted by Gasteiger charge is 2.26. The molecule has 28 heavy (non-hydrogen) atoms. The van der Waals surface area contributed by atoms with Crippen LogP contribution in [0.3, 0.4) is 0 Å². The number of anilines is 1. The number of amides is 2. The van der Waals surface area contributed by atoms with Crippen molar-refractivity contribution in [2.24, 2.45) is 5.92 Å². The van der Waals surface area contributed by atoms with E-state index in [4.69, 9.17) is 21.1 Å². The number of benzene rings is 2. The van der Waals surface area contributed by atoms with Gasteiger partial charge in [0.25, 0.3) is 5.91 Å². The van der Waals surface area contributed by atoms with Crippen LogP contribution in [0.15, 0.2) is 42.5 Å². The van der Waals surface area contributed by atoms with Gasteiger partial charge in [-0.15, -0.1) is 0 Å². The summed E-state index contributed by atoms with van der Waals surface area (Å²) in [6, 6.07) is 10.9. The third-order valence-electron chi connectivity index (χ3n) is 4.51. The smallest absolute Gasteiger partial charge is 0.251 e. The van der Waals surface area contributed by atoms with E-state index in [1.54, 1.807) is 42.5 Å². The summed E-state index contributed by atoms with van der Waals surface area (Å²) in [5.74, 6) is 0.399. The predicted molar refractivity (Wildman–Crippen MR) is 110 cm³/mol. The van der Waals surface area contributed by atoms with Gasteiger partial charge in [-0.2, -0.15) is 0 Å². The molecule has 0 fully saturated rings. The Kier molecular flexibility index (Phi) is 7.70. The van der Waals surface area contributed by atoms with Crippen molar-refractivity contribution in [3.8, 4) is 11.5 Å². The second-order valence-corrected chi connectivity index (χ2v) is 6.87. The Morgan fingerprint density at radius 3 is 2.11 bits per heavy atom. The van der Waals surface area contributed by atoms with Crippen LogP contribution in [0.2, 0.25) is 5.02 Å². The lowest BCUT2D eigenvalue weighted by Crippen LogP contribution is -2.47. The zero-order valence-corrected chi connectivity index (χ0v) is 17.2. The number of ether oxygens (including phenoxy) is 2. The molecule has 2 rings (SSSR count). The summed E-state index contributed by atoms with van der Waals surface area (Å²) in [5.41, 5.74) is 0.962. The summed E-state index contributed by atoms with van der Waals surface area (Å²) in [5, 5.41) is 6.20. The van der Waals surface area contributed by atoms with E-state index >= 15 is 0 Å². The fourth-order valence-electron chi connectivity index (χ4n) is 2.63. The molecule has 0 heterocycles. The highest BCUT2D eigenvalue weighted by molar-refractivity contribution is 6.30. The number of hydrogen-bond acceptors (Lipinski definition) is 4. The van der Waals surface area contributed by atoms with Crippen LogP contribution in [-0.2, 0) is 4.79 Å². The molecular formula is C21H25ClN2O4. The van der Waals surface area contributed by atoms with Crippen LogP contribution in [0, 0.1) is 5.92 Å². The average Bonchev–Trinajstić information content (AvgIpc) is 2.71. The number of rotatable bonds is 8. The van der Waals surface area contributed by atoms with Gasteiger partial charge in [0.15, 0.2) is 0 Å². The van der Waals surface area contributed by atoms with Crippen molar-refractivity contribution >= 4 is 29.1 Å². The largest absolute Gasteiger partial charge is 0.497 e. The van der Waals surface area contributed by atoms with Gasteiger partial charge in [-0.3, -0.25) is 9.59 Å². The van der Waals surface area contributed by atoms with E-state index in [2.05, 4.69) is 10.6 Å². The minimum Gasteiger partial charge on any atom is -0.497 e. The molecule has 6 nitrogen and oxygen atoms in total. The SMILES string of the molecule is CC[C@H](C)[C@H](NC(=O)c1ccc(Cl)cc1)C(=O)Nc1cc(OC)cc(OC)c1. The van der Waals surface area contributed by atoms with Gasteiger partial charge in [-0.25, -0.2) is 0 Å². The minimum atomic E-state index is -0.703. The number of nitrogens with one attached hydrogen (secondary N) is 2. The number of hydrogen-bond donors (Lipinski definition) is 2. The van der Waals surface area contributed by atoms with Gasteiger partial charge in [0.1, 0.15) is 17.5 Å². The Labute approximate surface area is 170 Å². The van der Waals surface area contributed by atoms with Gasteiger partial charge in [0.2, 0.25) is 5.91 Å². The number of carbonyl (C=O) groups is 2. The van der Waals surface area contributed by atoms with Crippen molar-refractivity contribution in [2.45, 2.75) is 26.3 Å². The second kappa shape index (κ2) is 9.99. The lowest BCUT2D eigenvalue weighted by atomic mass is 9.97. The molecule has 0 radical (unpaired) electrons. The van der Waals surface area contributed by atoms with Crippen molar-refractivity contribution in [3.05, 3.63) is 53.1 Å². The van der Waals surface area contributed by atoms with Crippen LogP contribution in [0.25, 0.3) is 0 Å². The Morgan fingerprint density at radius 2 is 1.61 bits per heavy atom. The number of methoxy groups -OCH3 is 2. The molecule has 0 saturated carbocycles. The highest BCUT2D eigenvalue weighted by atomic mass is 35.5. The highest BCUT2D eigenvalue weighted by Crippen LogP contribution is 2.26. The molecule has 2 aromatic rings. The van der Waals surface area contributed by atoms with Gasteiger partial charge < -0.3 is 20.1 Å². The van der Waals surface area contributed by atoms with Crippen LogP contribution < -0.4 is 20.1 Å². The van der Waals surface area contributed by atoms with E-state index in [-0.39, 0.29) is 17.7 Å². The standard InChI is InChI=1S/C21H25ClN2O4/c1-5-13(2)19(24-20(25)14-6-8-15(22)9-7-14)21(26)23-16-10-17(27-3)12-18(11-16)28-4/h6-13,19H,5H2,1-4H3,(H,23,26)(H,24,25)/t13-,19-/m0/s1. The molecule has 0 aliphatic heterocycles. The molecule has 150 valence electrons. The van der Waals surface area contributed by atoms with E-state index in [0.29, 0.717) is 27.8 Å². The van der Waals surface area contributed by atoms with E-state index in [1.165, 1.54) is 14.2 Å². The van der Waals surface area contributed by atoms with Crippen LogP contribution in [0.5, 0.6) is 11.5 Å². The molecule has 2 atom stereocenters. The van der Waals surface area contributed by atoms with Crippen molar-refractivity contribution in [1.82, 2.24) is 5.32 Å². The first-order valence-electron chi connectivity index (χ1n) is 8.98. The molecule has 0 saturated heterocycles. The quantitative estimate of drug-likeness (QED) is 0.693. The zero-order valence-electron chi connectivity index (χ0n) is 16.4. The molecule has 2 amide bonds. The third-order valence-corrected chi connectivity index (χ3v) is 4.76. The zero-order chi connectivity index (χ0) is 20.7. The topological polar surface area (TPSA) is 76.7 Å². The Morgan fingerprint density at radius 1 is 1.04 bits per heavy atom. The van der Waals surface area contributed by atoms with E-state index in [0.717, 1.165) is 6.42 Å². The molecule has 2 N–H and O–H groups in total. The minimum absolute atomic E-state index is 0.0660. The summed E-state index contributed by atoms with van der Waals surface area (Å²) in [6.07, 6.45) is 0.723. The second-order valence-electron chi connectivity index (χ2n) is 6.43. The summed E-state index contributed by atoms with van der Waals surface area (Å²) in [4.78, 5) is 25.5. The molecule has 2 aromatic carbocycles. The van der Waals surface area contributed by atoms with Crippen LogP contribution in [0.1, 0.15) is 30.6 Å². The number of halogens is 1. The van der Waals surface area contributed by atoms with E-state index < -0.39 is 6.04 Å². The van der Waals surface area contributed by atoms with Crippen LogP contribution in [-0.4, -0.2) is 32.1 Å². The van der Waals surface area contributed by atoms with Crippen LogP contribution in [0.4, 0.5) is 5.69 Å². The molecule has 7 heteroatoms.